The normalized spacial score (nSPS) is 10.5. The summed E-state index contributed by atoms with van der Waals surface area (Å²) >= 11 is 0. The molecule has 0 atom stereocenters. The van der Waals surface area contributed by atoms with Gasteiger partial charge < -0.3 is 11.1 Å². The number of rotatable bonds is 3. The zero-order valence-electron chi connectivity index (χ0n) is 7.97. The summed E-state index contributed by atoms with van der Waals surface area (Å²) in [5.74, 6) is 0.206. The van der Waals surface area contributed by atoms with E-state index < -0.39 is 0 Å². The Kier molecular flexibility index (Phi) is 3.12. The van der Waals surface area contributed by atoms with Gasteiger partial charge in [0.05, 0.1) is 5.69 Å². The molecule has 0 amide bonds. The van der Waals surface area contributed by atoms with E-state index in [-0.39, 0.29) is 5.82 Å². The Morgan fingerprint density at radius 3 is 2.69 bits per heavy atom. The molecule has 0 saturated heterocycles. The monoisotopic (exact) mass is 182 g/mol. The minimum absolute atomic E-state index is 0.291. The first kappa shape index (κ1) is 9.84. The first-order valence-corrected chi connectivity index (χ1v) is 4.38. The Labute approximate surface area is 77.9 Å². The second-order valence-corrected chi connectivity index (χ2v) is 3.51. The first-order chi connectivity index (χ1) is 6.09. The van der Waals surface area contributed by atoms with Gasteiger partial charge in [-0.15, -0.1) is 0 Å². The molecule has 3 heteroatoms. The van der Waals surface area contributed by atoms with Crippen LogP contribution in [0, 0.1) is 11.7 Å². The highest BCUT2D eigenvalue weighted by atomic mass is 19.1. The molecule has 2 nitrogen and oxygen atoms in total. The van der Waals surface area contributed by atoms with E-state index in [2.05, 4.69) is 19.2 Å². The van der Waals surface area contributed by atoms with Crippen molar-refractivity contribution in [2.24, 2.45) is 5.92 Å². The number of halogens is 1. The lowest BCUT2D eigenvalue weighted by Crippen LogP contribution is -2.09. The lowest BCUT2D eigenvalue weighted by Gasteiger charge is -2.09. The van der Waals surface area contributed by atoms with Gasteiger partial charge in [-0.05, 0) is 24.1 Å². The van der Waals surface area contributed by atoms with E-state index in [1.54, 1.807) is 12.1 Å². The molecule has 0 radical (unpaired) electrons. The molecule has 0 spiro atoms. The van der Waals surface area contributed by atoms with Crippen LogP contribution < -0.4 is 11.1 Å². The van der Waals surface area contributed by atoms with Crippen LogP contribution >= 0.6 is 0 Å². The molecule has 0 aliphatic rings. The fourth-order valence-corrected chi connectivity index (χ4v) is 0.989. The standard InChI is InChI=1S/C10H15FN2/c1-7(2)6-13-10-4-3-8(12)5-9(10)11/h3-5,7,13H,6,12H2,1-2H3. The highest BCUT2D eigenvalue weighted by Gasteiger charge is 2.01. The fourth-order valence-electron chi connectivity index (χ4n) is 0.989. The summed E-state index contributed by atoms with van der Waals surface area (Å²) in [6, 6.07) is 4.67. The van der Waals surface area contributed by atoms with Gasteiger partial charge in [0.25, 0.3) is 0 Å². The van der Waals surface area contributed by atoms with E-state index in [0.29, 0.717) is 17.3 Å². The van der Waals surface area contributed by atoms with Crippen molar-refractivity contribution in [3.8, 4) is 0 Å². The zero-order chi connectivity index (χ0) is 9.84. The van der Waals surface area contributed by atoms with Crippen LogP contribution in [0.25, 0.3) is 0 Å². The third-order valence-corrected chi connectivity index (χ3v) is 1.69. The number of nitrogens with one attached hydrogen (secondary N) is 1. The molecule has 0 fully saturated rings. The van der Waals surface area contributed by atoms with Crippen molar-refractivity contribution in [1.29, 1.82) is 0 Å². The van der Waals surface area contributed by atoms with Crippen molar-refractivity contribution in [1.82, 2.24) is 0 Å². The second kappa shape index (κ2) is 4.12. The van der Waals surface area contributed by atoms with E-state index in [0.717, 1.165) is 6.54 Å². The smallest absolute Gasteiger partial charge is 0.148 e. The van der Waals surface area contributed by atoms with Gasteiger partial charge >= 0.3 is 0 Å². The third-order valence-electron chi connectivity index (χ3n) is 1.69. The molecule has 0 heterocycles. The lowest BCUT2D eigenvalue weighted by atomic mass is 10.2. The van der Waals surface area contributed by atoms with Gasteiger partial charge in [-0.25, -0.2) is 4.39 Å². The van der Waals surface area contributed by atoms with Crippen molar-refractivity contribution in [3.05, 3.63) is 24.0 Å². The van der Waals surface area contributed by atoms with Gasteiger partial charge in [0.1, 0.15) is 5.82 Å². The maximum atomic E-state index is 13.2. The lowest BCUT2D eigenvalue weighted by molar-refractivity contribution is 0.624. The molecular weight excluding hydrogens is 167 g/mol. The van der Waals surface area contributed by atoms with Crippen LogP contribution in [0.5, 0.6) is 0 Å². The first-order valence-electron chi connectivity index (χ1n) is 4.38. The molecule has 0 aliphatic heterocycles. The minimum Gasteiger partial charge on any atom is -0.399 e. The maximum Gasteiger partial charge on any atom is 0.148 e. The van der Waals surface area contributed by atoms with Crippen molar-refractivity contribution >= 4 is 11.4 Å². The molecule has 1 aromatic rings. The Morgan fingerprint density at radius 2 is 2.15 bits per heavy atom. The topological polar surface area (TPSA) is 38.0 Å². The Balaban J connectivity index is 2.67. The zero-order valence-corrected chi connectivity index (χ0v) is 7.97. The highest BCUT2D eigenvalue weighted by molar-refractivity contribution is 5.52. The number of anilines is 2. The summed E-state index contributed by atoms with van der Waals surface area (Å²) in [5, 5.41) is 3.01. The molecule has 13 heavy (non-hydrogen) atoms. The molecule has 0 aromatic heterocycles. The van der Waals surface area contributed by atoms with Gasteiger partial charge in [0, 0.05) is 12.2 Å². The molecule has 3 N–H and O–H groups in total. The molecule has 0 unspecified atom stereocenters. The largest absolute Gasteiger partial charge is 0.399 e. The van der Waals surface area contributed by atoms with Gasteiger partial charge in [-0.3, -0.25) is 0 Å². The van der Waals surface area contributed by atoms with Gasteiger partial charge in [0.15, 0.2) is 0 Å². The second-order valence-electron chi connectivity index (χ2n) is 3.51. The van der Waals surface area contributed by atoms with Crippen LogP contribution in [0.3, 0.4) is 0 Å². The molecular formula is C10H15FN2. The van der Waals surface area contributed by atoms with Crippen molar-refractivity contribution < 1.29 is 4.39 Å². The predicted molar refractivity (Wildman–Crippen MR) is 54.1 cm³/mol. The molecule has 72 valence electrons. The van der Waals surface area contributed by atoms with Crippen LogP contribution in [0.15, 0.2) is 18.2 Å². The number of benzene rings is 1. The number of hydrogen-bond acceptors (Lipinski definition) is 2. The number of hydrogen-bond donors (Lipinski definition) is 2. The number of nitrogen functional groups attached to an aromatic ring is 1. The highest BCUT2D eigenvalue weighted by Crippen LogP contribution is 2.16. The SMILES string of the molecule is CC(C)CNc1ccc(N)cc1F. The molecule has 0 aliphatic carbocycles. The van der Waals surface area contributed by atoms with Gasteiger partial charge in [-0.2, -0.15) is 0 Å². The van der Waals surface area contributed by atoms with E-state index in [1.165, 1.54) is 6.07 Å². The van der Waals surface area contributed by atoms with Crippen LogP contribution in [0.1, 0.15) is 13.8 Å². The molecule has 0 saturated carbocycles. The van der Waals surface area contributed by atoms with E-state index >= 15 is 0 Å². The third kappa shape index (κ3) is 2.93. The summed E-state index contributed by atoms with van der Waals surface area (Å²) in [4.78, 5) is 0. The Morgan fingerprint density at radius 1 is 1.46 bits per heavy atom. The molecule has 0 bridgehead atoms. The van der Waals surface area contributed by atoms with E-state index in [4.69, 9.17) is 5.73 Å². The summed E-state index contributed by atoms with van der Waals surface area (Å²) in [5.41, 5.74) is 6.38. The summed E-state index contributed by atoms with van der Waals surface area (Å²) < 4.78 is 13.2. The van der Waals surface area contributed by atoms with Crippen LogP contribution in [-0.4, -0.2) is 6.54 Å². The van der Waals surface area contributed by atoms with Crippen molar-refractivity contribution in [2.75, 3.05) is 17.6 Å². The van der Waals surface area contributed by atoms with Crippen LogP contribution in [-0.2, 0) is 0 Å². The number of nitrogens with two attached hydrogens (primary N) is 1. The average Bonchev–Trinajstić information content (AvgIpc) is 2.02. The molecule has 1 rings (SSSR count). The average molecular weight is 182 g/mol. The van der Waals surface area contributed by atoms with Gasteiger partial charge in [-0.1, -0.05) is 13.8 Å². The Bertz CT molecular complexity index is 284. The summed E-state index contributed by atoms with van der Waals surface area (Å²) in [6.45, 7) is 4.91. The Hall–Kier alpha value is -1.25. The maximum absolute atomic E-state index is 13.2. The summed E-state index contributed by atoms with van der Waals surface area (Å²) in [6.07, 6.45) is 0. The van der Waals surface area contributed by atoms with E-state index in [9.17, 15) is 4.39 Å². The predicted octanol–water partition coefficient (Wildman–Crippen LogP) is 2.48. The fraction of sp³-hybridized carbons (Fsp3) is 0.400. The van der Waals surface area contributed by atoms with Crippen LogP contribution in [0.4, 0.5) is 15.8 Å². The quantitative estimate of drug-likeness (QED) is 0.705. The van der Waals surface area contributed by atoms with Crippen molar-refractivity contribution in [2.45, 2.75) is 13.8 Å². The minimum atomic E-state index is -0.291. The van der Waals surface area contributed by atoms with Crippen LogP contribution in [0.2, 0.25) is 0 Å². The molecule has 1 aromatic carbocycles. The van der Waals surface area contributed by atoms with Gasteiger partial charge in [0.2, 0.25) is 0 Å². The van der Waals surface area contributed by atoms with E-state index in [1.807, 2.05) is 0 Å². The van der Waals surface area contributed by atoms with Crippen molar-refractivity contribution in [3.63, 3.8) is 0 Å². The summed E-state index contributed by atoms with van der Waals surface area (Å²) in [7, 11) is 0.